The Kier molecular flexibility index (Phi) is 6.36. The molecule has 138 valence electrons. The second kappa shape index (κ2) is 8.70. The minimum Gasteiger partial charge on any atom is -0.508 e. The van der Waals surface area contributed by atoms with E-state index in [0.29, 0.717) is 0 Å². The number of nitrogens with zero attached hydrogens (tertiary/aromatic N) is 1. The zero-order valence-corrected chi connectivity index (χ0v) is 12.9. The first kappa shape index (κ1) is 19.0. The molecule has 2 N–H and O–H groups in total. The van der Waals surface area contributed by atoms with Crippen LogP contribution in [0.4, 0.5) is 17.6 Å². The predicted molar refractivity (Wildman–Crippen MR) is 82.9 cm³/mol. The Morgan fingerprint density at radius 3 is 2.46 bits per heavy atom. The predicted octanol–water partition coefficient (Wildman–Crippen LogP) is 3.36. The zero-order chi connectivity index (χ0) is 19.1. The van der Waals surface area contributed by atoms with Crippen molar-refractivity contribution in [3.63, 3.8) is 0 Å². The third-order valence-electron chi connectivity index (χ3n) is 2.90. The number of halogens is 4. The number of phenols is 1. The first-order chi connectivity index (χ1) is 12.3. The number of amides is 1. The first-order valence-electron chi connectivity index (χ1n) is 7.01. The molecule has 26 heavy (non-hydrogen) atoms. The molecule has 2 aromatic carbocycles. The maximum absolute atomic E-state index is 12.5. The molecule has 1 amide bonds. The first-order valence-corrected chi connectivity index (χ1v) is 7.01. The third kappa shape index (κ3) is 5.65. The van der Waals surface area contributed by atoms with E-state index in [1.165, 1.54) is 24.3 Å². The molecule has 10 heteroatoms. The molecule has 0 aromatic heterocycles. The van der Waals surface area contributed by atoms with Crippen molar-refractivity contribution >= 4 is 12.1 Å². The highest BCUT2D eigenvalue weighted by atomic mass is 19.3. The van der Waals surface area contributed by atoms with Gasteiger partial charge in [0.05, 0.1) is 6.21 Å². The van der Waals surface area contributed by atoms with E-state index in [1.54, 1.807) is 0 Å². The summed E-state index contributed by atoms with van der Waals surface area (Å²) in [6.07, 6.45) is 0.991. The second-order valence-corrected chi connectivity index (χ2v) is 4.71. The molecule has 6 nitrogen and oxygen atoms in total. The van der Waals surface area contributed by atoms with Crippen molar-refractivity contribution < 1.29 is 36.9 Å². The molecule has 0 radical (unpaired) electrons. The molecule has 0 bridgehead atoms. The summed E-state index contributed by atoms with van der Waals surface area (Å²) in [6, 6.07) is 8.54. The normalized spacial score (nSPS) is 11.2. The number of aromatic hydroxyl groups is 1. The van der Waals surface area contributed by atoms with Crippen molar-refractivity contribution in [1.82, 2.24) is 5.43 Å². The molecule has 0 aliphatic rings. The SMILES string of the molecule is O=C(N/N=C\c1ccc(OC(F)F)cc1OC(F)F)c1cccc(O)c1. The summed E-state index contributed by atoms with van der Waals surface area (Å²) >= 11 is 0. The van der Waals surface area contributed by atoms with Crippen molar-refractivity contribution in [2.45, 2.75) is 13.2 Å². The van der Waals surface area contributed by atoms with Crippen LogP contribution in [0.3, 0.4) is 0 Å². The standard InChI is InChI=1S/C16H12F4N2O4/c17-15(18)25-12-5-4-10(13(7-12)26-16(19)20)8-21-22-14(24)9-2-1-3-11(23)6-9/h1-8,15-16,23H,(H,22,24)/b21-8-. The molecule has 0 aliphatic carbocycles. The number of phenolic OH excluding ortho intramolecular Hbond substituents is 1. The number of rotatable bonds is 7. The van der Waals surface area contributed by atoms with Gasteiger partial charge in [0, 0.05) is 17.2 Å². The number of alkyl halides is 4. The van der Waals surface area contributed by atoms with Crippen LogP contribution in [0.15, 0.2) is 47.6 Å². The van der Waals surface area contributed by atoms with E-state index in [9.17, 15) is 27.5 Å². The number of carbonyl (C=O) groups excluding carboxylic acids is 1. The Bertz CT molecular complexity index is 800. The van der Waals surface area contributed by atoms with Crippen molar-refractivity contribution in [3.05, 3.63) is 53.6 Å². The fraction of sp³-hybridized carbons (Fsp3) is 0.125. The fourth-order valence-electron chi connectivity index (χ4n) is 1.87. The van der Waals surface area contributed by atoms with Gasteiger partial charge >= 0.3 is 13.2 Å². The highest BCUT2D eigenvalue weighted by molar-refractivity contribution is 5.95. The Balaban J connectivity index is 2.13. The Morgan fingerprint density at radius 2 is 1.81 bits per heavy atom. The number of nitrogens with one attached hydrogen (secondary N) is 1. The number of hydrogen-bond donors (Lipinski definition) is 2. The summed E-state index contributed by atoms with van der Waals surface area (Å²) in [6.45, 7) is -6.33. The lowest BCUT2D eigenvalue weighted by atomic mass is 10.2. The van der Waals surface area contributed by atoms with Crippen LogP contribution >= 0.6 is 0 Å². The largest absolute Gasteiger partial charge is 0.508 e. The summed E-state index contributed by atoms with van der Waals surface area (Å²) < 4.78 is 57.6. The van der Waals surface area contributed by atoms with E-state index in [1.807, 2.05) is 0 Å². The van der Waals surface area contributed by atoms with Gasteiger partial charge in [-0.1, -0.05) is 6.07 Å². The number of hydrazone groups is 1. The molecule has 2 aromatic rings. The lowest BCUT2D eigenvalue weighted by Crippen LogP contribution is -2.17. The van der Waals surface area contributed by atoms with Crippen LogP contribution in [0.2, 0.25) is 0 Å². The van der Waals surface area contributed by atoms with Gasteiger partial charge in [-0.2, -0.15) is 22.7 Å². The van der Waals surface area contributed by atoms with E-state index >= 15 is 0 Å². The van der Waals surface area contributed by atoms with Gasteiger partial charge in [-0.05, 0) is 30.3 Å². The van der Waals surface area contributed by atoms with Crippen LogP contribution < -0.4 is 14.9 Å². The second-order valence-electron chi connectivity index (χ2n) is 4.71. The lowest BCUT2D eigenvalue weighted by Gasteiger charge is -2.10. The number of carbonyl (C=O) groups is 1. The Labute approximate surface area is 144 Å². The molecule has 0 heterocycles. The van der Waals surface area contributed by atoms with E-state index in [4.69, 9.17) is 0 Å². The highest BCUT2D eigenvalue weighted by Gasteiger charge is 2.13. The summed E-state index contributed by atoms with van der Waals surface area (Å²) in [7, 11) is 0. The van der Waals surface area contributed by atoms with Gasteiger partial charge in [0.25, 0.3) is 5.91 Å². The molecule has 0 unspecified atom stereocenters. The van der Waals surface area contributed by atoms with Gasteiger partial charge in [0.1, 0.15) is 17.2 Å². The molecule has 0 saturated heterocycles. The van der Waals surface area contributed by atoms with Crippen LogP contribution in [0.1, 0.15) is 15.9 Å². The van der Waals surface area contributed by atoms with Gasteiger partial charge in [-0.3, -0.25) is 4.79 Å². The average molecular weight is 372 g/mol. The smallest absolute Gasteiger partial charge is 0.387 e. The molecular weight excluding hydrogens is 360 g/mol. The monoisotopic (exact) mass is 372 g/mol. The molecule has 0 aliphatic heterocycles. The van der Waals surface area contributed by atoms with Gasteiger partial charge in [-0.15, -0.1) is 0 Å². The zero-order valence-electron chi connectivity index (χ0n) is 12.9. The van der Waals surface area contributed by atoms with E-state index in [0.717, 1.165) is 24.4 Å². The topological polar surface area (TPSA) is 80.2 Å². The van der Waals surface area contributed by atoms with E-state index < -0.39 is 24.9 Å². The summed E-state index contributed by atoms with van der Waals surface area (Å²) in [5.41, 5.74) is 2.23. The summed E-state index contributed by atoms with van der Waals surface area (Å²) in [5, 5.41) is 12.9. The molecular formula is C16H12F4N2O4. The van der Waals surface area contributed by atoms with Crippen molar-refractivity contribution in [1.29, 1.82) is 0 Å². The molecule has 0 atom stereocenters. The van der Waals surface area contributed by atoms with E-state index in [-0.39, 0.29) is 22.6 Å². The van der Waals surface area contributed by atoms with Crippen LogP contribution in [0.5, 0.6) is 17.2 Å². The third-order valence-corrected chi connectivity index (χ3v) is 2.90. The molecule has 0 saturated carbocycles. The Morgan fingerprint density at radius 1 is 1.08 bits per heavy atom. The lowest BCUT2D eigenvalue weighted by molar-refractivity contribution is -0.0543. The average Bonchev–Trinajstić information content (AvgIpc) is 2.55. The van der Waals surface area contributed by atoms with Crippen molar-refractivity contribution in [2.75, 3.05) is 0 Å². The summed E-state index contributed by atoms with van der Waals surface area (Å²) in [4.78, 5) is 11.8. The molecule has 2 rings (SSSR count). The minimum atomic E-state index is -3.20. The number of hydrogen-bond acceptors (Lipinski definition) is 5. The van der Waals surface area contributed by atoms with Crippen LogP contribution in [0.25, 0.3) is 0 Å². The quantitative estimate of drug-likeness (QED) is 0.444. The molecule has 0 spiro atoms. The van der Waals surface area contributed by atoms with Gasteiger partial charge in [0.15, 0.2) is 0 Å². The summed E-state index contributed by atoms with van der Waals surface area (Å²) in [5.74, 6) is -1.62. The van der Waals surface area contributed by atoms with Crippen molar-refractivity contribution in [2.24, 2.45) is 5.10 Å². The highest BCUT2D eigenvalue weighted by Crippen LogP contribution is 2.26. The van der Waals surface area contributed by atoms with Crippen molar-refractivity contribution in [3.8, 4) is 17.2 Å². The van der Waals surface area contributed by atoms with Crippen LogP contribution in [-0.2, 0) is 0 Å². The van der Waals surface area contributed by atoms with Gasteiger partial charge < -0.3 is 14.6 Å². The maximum atomic E-state index is 12.5. The number of ether oxygens (including phenoxy) is 2. The van der Waals surface area contributed by atoms with Gasteiger partial charge in [-0.25, -0.2) is 5.43 Å². The molecule has 0 fully saturated rings. The maximum Gasteiger partial charge on any atom is 0.387 e. The van der Waals surface area contributed by atoms with Gasteiger partial charge in [0.2, 0.25) is 0 Å². The van der Waals surface area contributed by atoms with Crippen LogP contribution in [0, 0.1) is 0 Å². The minimum absolute atomic E-state index is 0.0110. The Hall–Kier alpha value is -3.30. The van der Waals surface area contributed by atoms with E-state index in [2.05, 4.69) is 20.0 Å². The fourth-order valence-corrected chi connectivity index (χ4v) is 1.87. The number of benzene rings is 2. The van der Waals surface area contributed by atoms with Crippen LogP contribution in [-0.4, -0.2) is 30.5 Å².